The summed E-state index contributed by atoms with van der Waals surface area (Å²) in [6, 6.07) is 9.78. The summed E-state index contributed by atoms with van der Waals surface area (Å²) in [6.45, 7) is 2.53. The minimum absolute atomic E-state index is 0.0393. The third kappa shape index (κ3) is 7.07. The molecule has 4 aromatic heterocycles. The number of aromatic nitrogens is 7. The number of nitrogens with one attached hydrogen (secondary N) is 1. The summed E-state index contributed by atoms with van der Waals surface area (Å²) < 4.78 is 85.4. The fourth-order valence-corrected chi connectivity index (χ4v) is 8.28. The molecule has 6 aromatic rings. The summed E-state index contributed by atoms with van der Waals surface area (Å²) >= 11 is 0. The number of rotatable bonds is 7. The number of carbonyl (C=O) groups excluding carboxylic acids is 2. The number of halogens is 5. The van der Waals surface area contributed by atoms with Gasteiger partial charge in [-0.15, -0.1) is 0 Å². The quantitative estimate of drug-likeness (QED) is 0.225. The maximum atomic E-state index is 15.2. The van der Waals surface area contributed by atoms with Crippen molar-refractivity contribution in [3.05, 3.63) is 78.0 Å². The first kappa shape index (κ1) is 39.0. The monoisotopic (exact) mass is 831 g/mol. The Morgan fingerprint density at radius 1 is 0.967 bits per heavy atom. The third-order valence-electron chi connectivity index (χ3n) is 11.2. The van der Waals surface area contributed by atoms with Crippen molar-refractivity contribution < 1.29 is 41.0 Å². The smallest absolute Gasteiger partial charge is 0.320 e. The van der Waals surface area contributed by atoms with Gasteiger partial charge >= 0.3 is 12.4 Å². The van der Waals surface area contributed by atoms with E-state index >= 15 is 8.78 Å². The van der Waals surface area contributed by atoms with E-state index in [1.165, 1.54) is 29.1 Å². The first-order valence-electron chi connectivity index (χ1n) is 19.2. The van der Waals surface area contributed by atoms with Gasteiger partial charge in [0.2, 0.25) is 5.91 Å². The molecule has 1 N–H and O–H groups in total. The molecule has 0 radical (unpaired) electrons. The van der Waals surface area contributed by atoms with Crippen LogP contribution in [-0.4, -0.2) is 127 Å². The van der Waals surface area contributed by atoms with Crippen LogP contribution in [0.15, 0.2) is 54.7 Å². The van der Waals surface area contributed by atoms with Crippen LogP contribution in [-0.2, 0) is 20.9 Å². The van der Waals surface area contributed by atoms with Crippen LogP contribution in [0.4, 0.5) is 33.6 Å². The number of likely N-dealkylation sites (tertiary alicyclic amines) is 1. The predicted molar refractivity (Wildman–Crippen MR) is 207 cm³/mol. The number of amides is 2. The molecule has 15 nitrogen and oxygen atoms in total. The normalized spacial score (nSPS) is 19.8. The van der Waals surface area contributed by atoms with Crippen molar-refractivity contribution in [1.29, 1.82) is 0 Å². The van der Waals surface area contributed by atoms with Crippen molar-refractivity contribution in [2.75, 3.05) is 57.2 Å². The number of fused-ring (bicyclic) bond motifs is 6. The third-order valence-corrected chi connectivity index (χ3v) is 11.2. The molecule has 4 bridgehead atoms. The van der Waals surface area contributed by atoms with Gasteiger partial charge in [-0.05, 0) is 43.7 Å². The molecule has 0 spiro atoms. The highest BCUT2D eigenvalue weighted by Gasteiger charge is 2.42. The average molecular weight is 832 g/mol. The largest absolute Gasteiger partial charge is 0.463 e. The van der Waals surface area contributed by atoms with Gasteiger partial charge in [0.1, 0.15) is 40.8 Å². The van der Waals surface area contributed by atoms with Gasteiger partial charge in [0.25, 0.3) is 5.91 Å². The number of benzene rings is 2. The number of imidazole rings is 1. The summed E-state index contributed by atoms with van der Waals surface area (Å²) in [7, 11) is 3.23. The van der Waals surface area contributed by atoms with Gasteiger partial charge in [0, 0.05) is 70.0 Å². The first-order valence-corrected chi connectivity index (χ1v) is 19.2. The zero-order chi connectivity index (χ0) is 42.0. The molecule has 2 amide bonds. The molecule has 0 aliphatic carbocycles. The van der Waals surface area contributed by atoms with Crippen LogP contribution in [0, 0.1) is 30.3 Å². The van der Waals surface area contributed by atoms with Gasteiger partial charge < -0.3 is 34.1 Å². The Morgan fingerprint density at radius 2 is 1.78 bits per heavy atom. The van der Waals surface area contributed by atoms with Gasteiger partial charge in [-0.25, -0.2) is 27.8 Å². The second-order valence-electron chi connectivity index (χ2n) is 15.3. The number of carbonyl (C=O) groups is 2. The van der Waals surface area contributed by atoms with Crippen LogP contribution < -0.4 is 15.0 Å². The standard InChI is InChI=1S/C40H38F5N11O4/c1-20-47-30-11-23(42)9-26-29-5-4-6-33(49-29)48-24-12-32(38(57)52(2)17-25(59-3)18-54(20)34(26)30)55(16-24)36-27-13-46-56(31-8-7-22(41)10-28(31)43)37(27)51-40(50-36)60-19-21-14-53(15-21)39(58)35(44)45/h4-11,13,21,24-25,32,35H,12,14-19H2,1-3H3,(H,48,49)/t24-,25-,32-/m0/s1. The summed E-state index contributed by atoms with van der Waals surface area (Å²) in [5.41, 5.74) is 2.16. The second-order valence-corrected chi connectivity index (χ2v) is 15.3. The highest BCUT2D eigenvalue weighted by Crippen LogP contribution is 2.36. The minimum Gasteiger partial charge on any atom is -0.463 e. The summed E-state index contributed by atoms with van der Waals surface area (Å²) in [5, 5.41) is 8.19. The van der Waals surface area contributed by atoms with Crippen LogP contribution >= 0.6 is 0 Å². The van der Waals surface area contributed by atoms with Crippen molar-refractivity contribution in [2.45, 2.75) is 44.5 Å². The molecule has 3 aliphatic rings. The first-order chi connectivity index (χ1) is 28.8. The zero-order valence-corrected chi connectivity index (χ0v) is 32.5. The Labute approximate surface area is 338 Å². The van der Waals surface area contributed by atoms with Gasteiger partial charge in [0.15, 0.2) is 11.5 Å². The number of alkyl halides is 2. The summed E-state index contributed by atoms with van der Waals surface area (Å²) in [5.74, 6) is -2.67. The fraction of sp³-hybridized carbons (Fsp3) is 0.375. The fourth-order valence-electron chi connectivity index (χ4n) is 8.28. The van der Waals surface area contributed by atoms with Gasteiger partial charge in [-0.2, -0.15) is 23.8 Å². The lowest BCUT2D eigenvalue weighted by Crippen LogP contribution is -2.53. The maximum absolute atomic E-state index is 15.2. The molecule has 9 rings (SSSR count). The van der Waals surface area contributed by atoms with Gasteiger partial charge in [-0.3, -0.25) is 9.59 Å². The van der Waals surface area contributed by atoms with E-state index in [-0.39, 0.29) is 80.7 Å². The Hall–Kier alpha value is -6.44. The van der Waals surface area contributed by atoms with E-state index in [1.54, 1.807) is 42.2 Å². The minimum atomic E-state index is -3.12. The molecule has 3 aliphatic heterocycles. The van der Waals surface area contributed by atoms with Crippen molar-refractivity contribution in [3.63, 3.8) is 0 Å². The summed E-state index contributed by atoms with van der Waals surface area (Å²) in [4.78, 5) is 49.7. The van der Waals surface area contributed by atoms with Gasteiger partial charge in [0.05, 0.1) is 47.6 Å². The lowest BCUT2D eigenvalue weighted by Gasteiger charge is -2.38. The number of nitrogens with zero attached hydrogens (tertiary/aromatic N) is 10. The molecule has 7 heterocycles. The van der Waals surface area contributed by atoms with E-state index in [0.29, 0.717) is 45.4 Å². The lowest BCUT2D eigenvalue weighted by atomic mass is 10.0. The van der Waals surface area contributed by atoms with Crippen LogP contribution in [0.3, 0.4) is 0 Å². The molecular weight excluding hydrogens is 794 g/mol. The van der Waals surface area contributed by atoms with Crippen molar-refractivity contribution in [1.82, 2.24) is 44.1 Å². The topological polar surface area (TPSA) is 149 Å². The van der Waals surface area contributed by atoms with Gasteiger partial charge in [-0.1, -0.05) is 6.07 Å². The molecule has 312 valence electrons. The number of hydrogen-bond acceptors (Lipinski definition) is 11. The Bertz CT molecular complexity index is 2650. The van der Waals surface area contributed by atoms with Crippen LogP contribution in [0.5, 0.6) is 6.01 Å². The molecule has 2 saturated heterocycles. The molecule has 0 unspecified atom stereocenters. The number of aryl methyl sites for hydroxylation is 1. The van der Waals surface area contributed by atoms with Crippen LogP contribution in [0.2, 0.25) is 0 Å². The Morgan fingerprint density at radius 3 is 2.55 bits per heavy atom. The van der Waals surface area contributed by atoms with Crippen LogP contribution in [0.25, 0.3) is 39.0 Å². The molecule has 0 saturated carbocycles. The van der Waals surface area contributed by atoms with E-state index in [1.807, 2.05) is 11.5 Å². The van der Waals surface area contributed by atoms with E-state index in [4.69, 9.17) is 19.4 Å². The zero-order valence-electron chi connectivity index (χ0n) is 32.5. The number of methoxy groups -OCH3 is 1. The van der Waals surface area contributed by atoms with Crippen molar-refractivity contribution >= 4 is 45.5 Å². The highest BCUT2D eigenvalue weighted by atomic mass is 19.3. The molecule has 2 aromatic carbocycles. The number of pyridine rings is 1. The molecule has 3 atom stereocenters. The average Bonchev–Trinajstić information content (AvgIpc) is 3.90. The summed E-state index contributed by atoms with van der Waals surface area (Å²) in [6.07, 6.45) is -1.94. The number of likely N-dealkylation sites (N-methyl/N-ethyl adjacent to an activating group) is 1. The second kappa shape index (κ2) is 15.3. The van der Waals surface area contributed by atoms with Crippen LogP contribution in [0.1, 0.15) is 12.2 Å². The van der Waals surface area contributed by atoms with E-state index < -0.39 is 48.0 Å². The van der Waals surface area contributed by atoms with E-state index in [0.717, 1.165) is 11.0 Å². The molecule has 20 heteroatoms. The van der Waals surface area contributed by atoms with E-state index in [2.05, 4.69) is 20.4 Å². The Kier molecular flexibility index (Phi) is 9.96. The molecule has 2 fully saturated rings. The Balaban J connectivity index is 1.12. The lowest BCUT2D eigenvalue weighted by molar-refractivity contribution is -0.150. The molecule has 60 heavy (non-hydrogen) atoms. The van der Waals surface area contributed by atoms with Crippen molar-refractivity contribution in [3.8, 4) is 23.0 Å². The predicted octanol–water partition coefficient (Wildman–Crippen LogP) is 4.60. The van der Waals surface area contributed by atoms with E-state index in [9.17, 15) is 22.8 Å². The maximum Gasteiger partial charge on any atom is 0.320 e. The number of ether oxygens (including phenoxy) is 2. The number of hydrogen-bond donors (Lipinski definition) is 1. The highest BCUT2D eigenvalue weighted by molar-refractivity contribution is 5.94. The molecular formula is C40H38F5N11O4. The van der Waals surface area contributed by atoms with Crippen molar-refractivity contribution in [2.24, 2.45) is 5.92 Å². The number of anilines is 2. The SMILES string of the molecule is CO[C@H]1CN(C)C(=O)[C@@H]2C[C@@H](CN2c2nc(OCC3CN(C(=O)C(F)F)C3)nc3c2cnn3-c2ccc(F)cc2F)Nc2cccc(n2)-c2cc(F)cc3nc(C)n(c23)C1.